The molecular weight excluding hydrogens is 200 g/mol. The largest absolute Gasteiger partial charge is 0.377 e. The van der Waals surface area contributed by atoms with Gasteiger partial charge in [0.05, 0.1) is 17.8 Å². The molecule has 0 spiro atoms. The summed E-state index contributed by atoms with van der Waals surface area (Å²) in [5, 5.41) is 3.02. The lowest BCUT2D eigenvalue weighted by atomic mass is 10.1. The van der Waals surface area contributed by atoms with Crippen molar-refractivity contribution in [1.29, 1.82) is 0 Å². The van der Waals surface area contributed by atoms with Crippen molar-refractivity contribution in [3.05, 3.63) is 29.8 Å². The van der Waals surface area contributed by atoms with E-state index in [4.69, 9.17) is 4.74 Å². The number of hydrogen-bond acceptors (Lipinski definition) is 2. The molecule has 1 aromatic rings. The van der Waals surface area contributed by atoms with Crippen LogP contribution in [0.5, 0.6) is 0 Å². The Labute approximate surface area is 87.2 Å². The Hall–Kier alpha value is -1.16. The summed E-state index contributed by atoms with van der Waals surface area (Å²) in [6.07, 6.45) is 0.910. The Kier molecular flexibility index (Phi) is 2.86. The van der Waals surface area contributed by atoms with E-state index >= 15 is 0 Å². The highest BCUT2D eigenvalue weighted by molar-refractivity contribution is 5.45. The van der Waals surface area contributed by atoms with Crippen molar-refractivity contribution in [2.45, 2.75) is 25.5 Å². The molecule has 1 aromatic carbocycles. The van der Waals surface area contributed by atoms with E-state index in [2.05, 4.69) is 5.32 Å². The standard InChI is InChI=1S/C11H13F2NO/c1-7-10(4-5-15-7)14-11-3-2-8(12)6-9(11)13/h2-3,6-7,10,14H,4-5H2,1H3. The van der Waals surface area contributed by atoms with Crippen LogP contribution in [0.2, 0.25) is 0 Å². The molecule has 1 aliphatic heterocycles. The van der Waals surface area contributed by atoms with Gasteiger partial charge in [-0.15, -0.1) is 0 Å². The maximum absolute atomic E-state index is 13.3. The minimum atomic E-state index is -0.561. The van der Waals surface area contributed by atoms with Crippen LogP contribution in [0.15, 0.2) is 18.2 Å². The molecule has 2 atom stereocenters. The van der Waals surface area contributed by atoms with Crippen LogP contribution < -0.4 is 5.32 Å². The third-order valence-electron chi connectivity index (χ3n) is 2.65. The summed E-state index contributed by atoms with van der Waals surface area (Å²) in [7, 11) is 0. The van der Waals surface area contributed by atoms with Crippen LogP contribution in [-0.2, 0) is 4.74 Å². The number of halogens is 2. The second-order valence-electron chi connectivity index (χ2n) is 3.74. The highest BCUT2D eigenvalue weighted by Gasteiger charge is 2.24. The van der Waals surface area contributed by atoms with Crippen molar-refractivity contribution < 1.29 is 13.5 Å². The maximum Gasteiger partial charge on any atom is 0.149 e. The van der Waals surface area contributed by atoms with Crippen LogP contribution in [0.4, 0.5) is 14.5 Å². The van der Waals surface area contributed by atoms with E-state index in [0.29, 0.717) is 12.3 Å². The molecule has 4 heteroatoms. The lowest BCUT2D eigenvalue weighted by molar-refractivity contribution is 0.121. The molecule has 0 radical (unpaired) electrons. The molecule has 2 unspecified atom stereocenters. The quantitative estimate of drug-likeness (QED) is 0.815. The minimum Gasteiger partial charge on any atom is -0.377 e. The summed E-state index contributed by atoms with van der Waals surface area (Å²) in [5.74, 6) is -1.12. The molecule has 1 saturated heterocycles. The third-order valence-corrected chi connectivity index (χ3v) is 2.65. The monoisotopic (exact) mass is 213 g/mol. The summed E-state index contributed by atoms with van der Waals surface area (Å²) in [4.78, 5) is 0. The smallest absolute Gasteiger partial charge is 0.149 e. The number of benzene rings is 1. The average Bonchev–Trinajstić information content (AvgIpc) is 2.57. The predicted molar refractivity (Wildman–Crippen MR) is 53.8 cm³/mol. The van der Waals surface area contributed by atoms with Crippen molar-refractivity contribution in [1.82, 2.24) is 0 Å². The molecular formula is C11H13F2NO. The van der Waals surface area contributed by atoms with Gasteiger partial charge in [-0.25, -0.2) is 8.78 Å². The Morgan fingerprint density at radius 2 is 2.20 bits per heavy atom. The number of ether oxygens (including phenoxy) is 1. The van der Waals surface area contributed by atoms with E-state index in [-0.39, 0.29) is 12.1 Å². The molecule has 1 heterocycles. The van der Waals surface area contributed by atoms with Gasteiger partial charge in [0.25, 0.3) is 0 Å². The van der Waals surface area contributed by atoms with Gasteiger partial charge in [0, 0.05) is 12.7 Å². The average molecular weight is 213 g/mol. The molecule has 0 saturated carbocycles. The van der Waals surface area contributed by atoms with E-state index in [1.54, 1.807) is 0 Å². The predicted octanol–water partition coefficient (Wildman–Crippen LogP) is 2.55. The van der Waals surface area contributed by atoms with Crippen LogP contribution in [0, 0.1) is 11.6 Å². The zero-order chi connectivity index (χ0) is 10.8. The SMILES string of the molecule is CC1OCCC1Nc1ccc(F)cc1F. The van der Waals surface area contributed by atoms with Crippen LogP contribution >= 0.6 is 0 Å². The van der Waals surface area contributed by atoms with Gasteiger partial charge in [0.2, 0.25) is 0 Å². The van der Waals surface area contributed by atoms with Crippen LogP contribution in [0.25, 0.3) is 0 Å². The summed E-state index contributed by atoms with van der Waals surface area (Å²) in [6, 6.07) is 3.63. The van der Waals surface area contributed by atoms with E-state index in [1.807, 2.05) is 6.92 Å². The van der Waals surface area contributed by atoms with Gasteiger partial charge in [0.1, 0.15) is 11.6 Å². The first-order valence-electron chi connectivity index (χ1n) is 5.00. The Morgan fingerprint density at radius 1 is 1.40 bits per heavy atom. The number of anilines is 1. The lowest BCUT2D eigenvalue weighted by Gasteiger charge is -2.17. The summed E-state index contributed by atoms with van der Waals surface area (Å²) in [5.41, 5.74) is 0.332. The number of rotatable bonds is 2. The van der Waals surface area contributed by atoms with Gasteiger partial charge in [-0.2, -0.15) is 0 Å². The molecule has 1 N–H and O–H groups in total. The highest BCUT2D eigenvalue weighted by Crippen LogP contribution is 2.21. The maximum atomic E-state index is 13.3. The summed E-state index contributed by atoms with van der Waals surface area (Å²) >= 11 is 0. The normalized spacial score (nSPS) is 25.5. The van der Waals surface area contributed by atoms with Gasteiger partial charge in [-0.05, 0) is 25.5 Å². The molecule has 82 valence electrons. The second-order valence-corrected chi connectivity index (χ2v) is 3.74. The first-order valence-corrected chi connectivity index (χ1v) is 5.00. The molecule has 15 heavy (non-hydrogen) atoms. The van der Waals surface area contributed by atoms with E-state index in [1.165, 1.54) is 12.1 Å². The third kappa shape index (κ3) is 2.26. The summed E-state index contributed by atoms with van der Waals surface area (Å²) in [6.45, 7) is 2.62. The van der Waals surface area contributed by atoms with Gasteiger partial charge >= 0.3 is 0 Å². The fraction of sp³-hybridized carbons (Fsp3) is 0.455. The van der Waals surface area contributed by atoms with E-state index in [0.717, 1.165) is 12.5 Å². The van der Waals surface area contributed by atoms with Crippen molar-refractivity contribution in [2.24, 2.45) is 0 Å². The van der Waals surface area contributed by atoms with Crippen molar-refractivity contribution in [3.8, 4) is 0 Å². The first-order chi connectivity index (χ1) is 7.16. The second kappa shape index (κ2) is 4.14. The minimum absolute atomic E-state index is 0.0643. The van der Waals surface area contributed by atoms with E-state index in [9.17, 15) is 8.78 Å². The molecule has 1 fully saturated rings. The topological polar surface area (TPSA) is 21.3 Å². The molecule has 1 aliphatic rings. The van der Waals surface area contributed by atoms with E-state index < -0.39 is 11.6 Å². The Balaban J connectivity index is 2.10. The first kappa shape index (κ1) is 10.4. The fourth-order valence-corrected chi connectivity index (χ4v) is 1.73. The van der Waals surface area contributed by atoms with Gasteiger partial charge < -0.3 is 10.1 Å². The number of hydrogen-bond donors (Lipinski definition) is 1. The molecule has 0 bridgehead atoms. The highest BCUT2D eigenvalue weighted by atomic mass is 19.1. The molecule has 2 rings (SSSR count). The molecule has 0 amide bonds. The van der Waals surface area contributed by atoms with Gasteiger partial charge in [-0.3, -0.25) is 0 Å². The van der Waals surface area contributed by atoms with Crippen molar-refractivity contribution in [2.75, 3.05) is 11.9 Å². The molecule has 0 aliphatic carbocycles. The van der Waals surface area contributed by atoms with Crippen molar-refractivity contribution in [3.63, 3.8) is 0 Å². The molecule has 0 aromatic heterocycles. The van der Waals surface area contributed by atoms with Crippen LogP contribution in [-0.4, -0.2) is 18.8 Å². The van der Waals surface area contributed by atoms with Crippen LogP contribution in [0.3, 0.4) is 0 Å². The van der Waals surface area contributed by atoms with Crippen molar-refractivity contribution >= 4 is 5.69 Å². The zero-order valence-electron chi connectivity index (χ0n) is 8.47. The molecule has 2 nitrogen and oxygen atoms in total. The zero-order valence-corrected chi connectivity index (χ0v) is 8.47. The Morgan fingerprint density at radius 3 is 2.80 bits per heavy atom. The lowest BCUT2D eigenvalue weighted by Crippen LogP contribution is -2.27. The number of nitrogens with one attached hydrogen (secondary N) is 1. The Bertz CT molecular complexity index is 356. The summed E-state index contributed by atoms with van der Waals surface area (Å²) < 4.78 is 31.3. The van der Waals surface area contributed by atoms with Gasteiger partial charge in [0.15, 0.2) is 0 Å². The fourth-order valence-electron chi connectivity index (χ4n) is 1.73. The van der Waals surface area contributed by atoms with Crippen LogP contribution in [0.1, 0.15) is 13.3 Å². The van der Waals surface area contributed by atoms with Gasteiger partial charge in [-0.1, -0.05) is 0 Å².